The van der Waals surface area contributed by atoms with Crippen molar-refractivity contribution in [1.29, 1.82) is 0 Å². The van der Waals surface area contributed by atoms with Gasteiger partial charge in [-0.05, 0) is 38.0 Å². The number of rotatable bonds is 2. The number of hydrogen-bond donors (Lipinski definition) is 1. The standard InChI is InChI=1S/C15H22N3O2/c1-3-11-13-12(18(4-2)17-11)9-15(10-16-14(13)19)5-7-20-8-6-15/h2-10H2,1H3,(H,16,19). The van der Waals surface area contributed by atoms with Crippen molar-refractivity contribution in [3.8, 4) is 0 Å². The number of carbonyl (C=O) groups excluding carboxylic acids is 1. The molecular weight excluding hydrogens is 254 g/mol. The highest BCUT2D eigenvalue weighted by Gasteiger charge is 2.39. The third-order valence-electron chi connectivity index (χ3n) is 4.62. The third-order valence-corrected chi connectivity index (χ3v) is 4.62. The summed E-state index contributed by atoms with van der Waals surface area (Å²) in [5.74, 6) is 0.0277. The molecule has 1 aromatic heterocycles. The van der Waals surface area contributed by atoms with Gasteiger partial charge in [0.15, 0.2) is 0 Å². The zero-order valence-electron chi connectivity index (χ0n) is 12.1. The van der Waals surface area contributed by atoms with Crippen LogP contribution < -0.4 is 5.32 Å². The predicted octanol–water partition coefficient (Wildman–Crippen LogP) is 1.36. The van der Waals surface area contributed by atoms with E-state index >= 15 is 0 Å². The number of nitrogens with zero attached hydrogens (tertiary/aromatic N) is 2. The number of aromatic nitrogens is 2. The number of ether oxygens (including phenoxy) is 1. The monoisotopic (exact) mass is 276 g/mol. The molecule has 0 aliphatic carbocycles. The zero-order chi connectivity index (χ0) is 14.2. The molecule has 1 spiro atoms. The lowest BCUT2D eigenvalue weighted by Gasteiger charge is -2.36. The van der Waals surface area contributed by atoms with Gasteiger partial charge in [-0.2, -0.15) is 5.10 Å². The Balaban J connectivity index is 2.04. The highest BCUT2D eigenvalue weighted by atomic mass is 16.5. The van der Waals surface area contributed by atoms with Gasteiger partial charge in [0.2, 0.25) is 0 Å². The normalized spacial score (nSPS) is 21.4. The molecule has 109 valence electrons. The van der Waals surface area contributed by atoms with Gasteiger partial charge in [-0.1, -0.05) is 6.92 Å². The largest absolute Gasteiger partial charge is 0.381 e. The Hall–Kier alpha value is -1.36. The molecule has 0 bridgehead atoms. The molecule has 1 saturated heterocycles. The van der Waals surface area contributed by atoms with Gasteiger partial charge in [-0.3, -0.25) is 9.48 Å². The molecule has 0 atom stereocenters. The Kier molecular flexibility index (Phi) is 3.54. The molecule has 2 aliphatic heterocycles. The average molecular weight is 276 g/mol. The van der Waals surface area contributed by atoms with Crippen LogP contribution in [-0.4, -0.2) is 35.4 Å². The second-order valence-corrected chi connectivity index (χ2v) is 5.82. The molecule has 3 heterocycles. The lowest BCUT2D eigenvalue weighted by Crippen LogP contribution is -2.40. The van der Waals surface area contributed by atoms with Crippen LogP contribution in [-0.2, 0) is 24.1 Å². The van der Waals surface area contributed by atoms with Gasteiger partial charge in [0.1, 0.15) is 0 Å². The van der Waals surface area contributed by atoms with Crippen molar-refractivity contribution in [2.24, 2.45) is 5.41 Å². The van der Waals surface area contributed by atoms with E-state index in [2.05, 4.69) is 17.3 Å². The molecule has 3 rings (SSSR count). The molecule has 0 saturated carbocycles. The fourth-order valence-corrected chi connectivity index (χ4v) is 3.36. The van der Waals surface area contributed by atoms with E-state index in [1.807, 2.05) is 11.6 Å². The highest BCUT2D eigenvalue weighted by molar-refractivity contribution is 5.97. The highest BCUT2D eigenvalue weighted by Crippen LogP contribution is 2.37. The van der Waals surface area contributed by atoms with Gasteiger partial charge in [0.25, 0.3) is 5.91 Å². The smallest absolute Gasteiger partial charge is 0.255 e. The van der Waals surface area contributed by atoms with E-state index in [1.54, 1.807) is 0 Å². The molecule has 20 heavy (non-hydrogen) atoms. The molecule has 2 aliphatic rings. The maximum absolute atomic E-state index is 12.4. The first-order valence-electron chi connectivity index (χ1n) is 7.43. The van der Waals surface area contributed by atoms with Gasteiger partial charge in [0.05, 0.1) is 17.0 Å². The SMILES string of the molecule is [CH2]Cn1nc(CC)c2c1CC1(CCOCC1)CNC2=O. The first-order chi connectivity index (χ1) is 9.69. The molecule has 1 amide bonds. The third kappa shape index (κ3) is 2.14. The molecule has 5 heteroatoms. The van der Waals surface area contributed by atoms with Gasteiger partial charge in [-0.15, -0.1) is 0 Å². The van der Waals surface area contributed by atoms with Gasteiger partial charge < -0.3 is 10.1 Å². The summed E-state index contributed by atoms with van der Waals surface area (Å²) < 4.78 is 7.40. The van der Waals surface area contributed by atoms with E-state index in [9.17, 15) is 4.79 Å². The van der Waals surface area contributed by atoms with E-state index in [-0.39, 0.29) is 11.3 Å². The fraction of sp³-hybridized carbons (Fsp3) is 0.667. The van der Waals surface area contributed by atoms with Crippen LogP contribution in [0.5, 0.6) is 0 Å². The number of aryl methyl sites for hydroxylation is 1. The van der Waals surface area contributed by atoms with E-state index in [4.69, 9.17) is 4.74 Å². The topological polar surface area (TPSA) is 56.1 Å². The minimum absolute atomic E-state index is 0.0277. The Bertz CT molecular complexity index is 515. The summed E-state index contributed by atoms with van der Waals surface area (Å²) in [4.78, 5) is 12.4. The molecular formula is C15H22N3O2. The lowest BCUT2D eigenvalue weighted by atomic mass is 9.76. The summed E-state index contributed by atoms with van der Waals surface area (Å²) in [5, 5.41) is 7.67. The summed E-state index contributed by atoms with van der Waals surface area (Å²) in [6, 6.07) is 0. The Labute approximate surface area is 119 Å². The van der Waals surface area contributed by atoms with Crippen molar-refractivity contribution in [3.05, 3.63) is 23.9 Å². The van der Waals surface area contributed by atoms with Crippen LogP contribution in [0, 0.1) is 12.3 Å². The molecule has 1 radical (unpaired) electrons. The van der Waals surface area contributed by atoms with Crippen LogP contribution in [0.1, 0.15) is 41.5 Å². The quantitative estimate of drug-likeness (QED) is 0.887. The first kappa shape index (κ1) is 13.6. The second-order valence-electron chi connectivity index (χ2n) is 5.82. The number of hydrogen-bond acceptors (Lipinski definition) is 3. The van der Waals surface area contributed by atoms with Crippen molar-refractivity contribution >= 4 is 5.91 Å². The van der Waals surface area contributed by atoms with Crippen molar-refractivity contribution in [2.45, 2.75) is 39.2 Å². The van der Waals surface area contributed by atoms with E-state index < -0.39 is 0 Å². The number of nitrogens with one attached hydrogen (secondary N) is 1. The lowest BCUT2D eigenvalue weighted by molar-refractivity contribution is 0.0153. The molecule has 5 nitrogen and oxygen atoms in total. The number of fused-ring (bicyclic) bond motifs is 1. The van der Waals surface area contributed by atoms with Crippen molar-refractivity contribution in [2.75, 3.05) is 19.8 Å². The van der Waals surface area contributed by atoms with Crippen LogP contribution >= 0.6 is 0 Å². The van der Waals surface area contributed by atoms with E-state index in [0.717, 1.165) is 62.4 Å². The average Bonchev–Trinajstić information content (AvgIpc) is 2.76. The zero-order valence-corrected chi connectivity index (χ0v) is 12.1. The Morgan fingerprint density at radius 1 is 1.45 bits per heavy atom. The summed E-state index contributed by atoms with van der Waals surface area (Å²) in [5.41, 5.74) is 2.87. The molecule has 0 aromatic carbocycles. The van der Waals surface area contributed by atoms with Gasteiger partial charge in [0, 0.05) is 26.3 Å². The van der Waals surface area contributed by atoms with E-state index in [0.29, 0.717) is 6.54 Å². The van der Waals surface area contributed by atoms with Gasteiger partial charge >= 0.3 is 0 Å². The maximum atomic E-state index is 12.4. The molecule has 1 aromatic rings. The van der Waals surface area contributed by atoms with Gasteiger partial charge in [-0.25, -0.2) is 0 Å². The minimum Gasteiger partial charge on any atom is -0.381 e. The minimum atomic E-state index is 0.0277. The second kappa shape index (κ2) is 5.20. The van der Waals surface area contributed by atoms with Crippen LogP contribution in [0.25, 0.3) is 0 Å². The van der Waals surface area contributed by atoms with Crippen molar-refractivity contribution in [3.63, 3.8) is 0 Å². The Morgan fingerprint density at radius 2 is 2.20 bits per heavy atom. The summed E-state index contributed by atoms with van der Waals surface area (Å²) in [7, 11) is 0. The maximum Gasteiger partial charge on any atom is 0.255 e. The van der Waals surface area contributed by atoms with E-state index in [1.165, 1.54) is 0 Å². The van der Waals surface area contributed by atoms with Crippen LogP contribution in [0.3, 0.4) is 0 Å². The predicted molar refractivity (Wildman–Crippen MR) is 75.5 cm³/mol. The molecule has 0 unspecified atom stereocenters. The summed E-state index contributed by atoms with van der Waals surface area (Å²) in [6.45, 7) is 8.86. The molecule has 1 N–H and O–H groups in total. The fourth-order valence-electron chi connectivity index (χ4n) is 3.36. The van der Waals surface area contributed by atoms with Crippen molar-refractivity contribution in [1.82, 2.24) is 15.1 Å². The summed E-state index contributed by atoms with van der Waals surface area (Å²) >= 11 is 0. The first-order valence-corrected chi connectivity index (χ1v) is 7.43. The number of carbonyl (C=O) groups is 1. The van der Waals surface area contributed by atoms with Crippen LogP contribution in [0.15, 0.2) is 0 Å². The summed E-state index contributed by atoms with van der Waals surface area (Å²) in [6.07, 6.45) is 3.67. The van der Waals surface area contributed by atoms with Crippen LogP contribution in [0.2, 0.25) is 0 Å². The Morgan fingerprint density at radius 3 is 2.85 bits per heavy atom. The van der Waals surface area contributed by atoms with Crippen LogP contribution in [0.4, 0.5) is 0 Å². The molecule has 1 fully saturated rings. The van der Waals surface area contributed by atoms with Crippen molar-refractivity contribution < 1.29 is 9.53 Å². The number of amides is 1.